The lowest BCUT2D eigenvalue weighted by Gasteiger charge is -2.13. The molecule has 1 amide bonds. The van der Waals surface area contributed by atoms with Gasteiger partial charge in [-0.25, -0.2) is 4.79 Å². The zero-order valence-electron chi connectivity index (χ0n) is 15.0. The largest absolute Gasteiger partial charge is 0.492 e. The van der Waals surface area contributed by atoms with E-state index in [2.05, 4.69) is 10.1 Å². The summed E-state index contributed by atoms with van der Waals surface area (Å²) in [7, 11) is 1.31. The molecule has 26 heavy (non-hydrogen) atoms. The van der Waals surface area contributed by atoms with Crippen LogP contribution in [0.1, 0.15) is 40.1 Å². The van der Waals surface area contributed by atoms with Crippen molar-refractivity contribution in [2.75, 3.05) is 19.0 Å². The molecule has 0 saturated heterocycles. The van der Waals surface area contributed by atoms with Crippen molar-refractivity contribution < 1.29 is 23.8 Å². The Labute approximate surface area is 152 Å². The predicted molar refractivity (Wildman–Crippen MR) is 97.1 cm³/mol. The fourth-order valence-electron chi connectivity index (χ4n) is 2.88. The molecule has 1 atom stereocenters. The second-order valence-electron chi connectivity index (χ2n) is 6.04. The van der Waals surface area contributed by atoms with E-state index in [0.717, 1.165) is 17.7 Å². The third-order valence-corrected chi connectivity index (χ3v) is 4.11. The van der Waals surface area contributed by atoms with Crippen LogP contribution in [0.3, 0.4) is 0 Å². The lowest BCUT2D eigenvalue weighted by atomic mass is 10.1. The maximum atomic E-state index is 12.6. The lowest BCUT2D eigenvalue weighted by molar-refractivity contribution is 0.0600. The van der Waals surface area contributed by atoms with Gasteiger partial charge >= 0.3 is 5.97 Å². The molecule has 1 heterocycles. The van der Waals surface area contributed by atoms with E-state index in [-0.39, 0.29) is 12.0 Å². The molecule has 0 aromatic heterocycles. The normalized spacial score (nSPS) is 15.0. The Kier molecular flexibility index (Phi) is 5.11. The van der Waals surface area contributed by atoms with Crippen LogP contribution in [0.5, 0.6) is 11.5 Å². The van der Waals surface area contributed by atoms with Gasteiger partial charge in [-0.1, -0.05) is 0 Å². The highest BCUT2D eigenvalue weighted by Crippen LogP contribution is 2.38. The Morgan fingerprint density at radius 2 is 1.88 bits per heavy atom. The monoisotopic (exact) mass is 355 g/mol. The molecule has 0 fully saturated rings. The molecular weight excluding hydrogens is 334 g/mol. The van der Waals surface area contributed by atoms with E-state index in [1.165, 1.54) is 7.11 Å². The summed E-state index contributed by atoms with van der Waals surface area (Å²) in [6.45, 7) is 4.39. The second kappa shape index (κ2) is 7.47. The fourth-order valence-corrected chi connectivity index (χ4v) is 2.88. The summed E-state index contributed by atoms with van der Waals surface area (Å²) in [6, 6.07) is 9.97. The molecule has 1 aliphatic heterocycles. The van der Waals surface area contributed by atoms with Gasteiger partial charge in [-0.15, -0.1) is 0 Å². The number of ether oxygens (including phenoxy) is 3. The summed E-state index contributed by atoms with van der Waals surface area (Å²) in [4.78, 5) is 24.0. The zero-order valence-corrected chi connectivity index (χ0v) is 15.0. The smallest absolute Gasteiger partial charge is 0.337 e. The molecule has 6 nitrogen and oxygen atoms in total. The Bertz CT molecular complexity index is 829. The number of amides is 1. The van der Waals surface area contributed by atoms with Gasteiger partial charge in [-0.3, -0.25) is 4.79 Å². The first kappa shape index (κ1) is 17.8. The average molecular weight is 355 g/mol. The Morgan fingerprint density at radius 1 is 1.19 bits per heavy atom. The molecule has 6 heteroatoms. The van der Waals surface area contributed by atoms with Gasteiger partial charge in [0.2, 0.25) is 0 Å². The first-order valence-electron chi connectivity index (χ1n) is 8.48. The molecule has 2 aromatic carbocycles. The van der Waals surface area contributed by atoms with Crippen molar-refractivity contribution in [1.29, 1.82) is 0 Å². The number of methoxy groups -OCH3 is 1. The third-order valence-electron chi connectivity index (χ3n) is 4.11. The van der Waals surface area contributed by atoms with Crippen molar-refractivity contribution in [3.05, 3.63) is 53.1 Å². The Morgan fingerprint density at radius 3 is 2.54 bits per heavy atom. The molecule has 1 N–H and O–H groups in total. The van der Waals surface area contributed by atoms with Gasteiger partial charge < -0.3 is 19.5 Å². The van der Waals surface area contributed by atoms with Crippen LogP contribution in [0.25, 0.3) is 0 Å². The number of benzene rings is 2. The van der Waals surface area contributed by atoms with Crippen molar-refractivity contribution in [2.24, 2.45) is 0 Å². The standard InChI is InChI=1S/C20H21NO5/c1-4-25-18-10-15-9-12(2)26-17(15)11-16(18)21-19(22)13-5-7-14(8-6-13)20(23)24-3/h5-8,10-12H,4,9H2,1-3H3,(H,21,22)/t12-/m1/s1. The molecule has 0 radical (unpaired) electrons. The number of hydrogen-bond donors (Lipinski definition) is 1. The molecule has 0 unspecified atom stereocenters. The molecule has 0 saturated carbocycles. The maximum absolute atomic E-state index is 12.6. The molecule has 136 valence electrons. The maximum Gasteiger partial charge on any atom is 0.337 e. The van der Waals surface area contributed by atoms with Crippen molar-refractivity contribution in [3.63, 3.8) is 0 Å². The molecule has 3 rings (SSSR count). The summed E-state index contributed by atoms with van der Waals surface area (Å²) in [6.07, 6.45) is 0.926. The summed E-state index contributed by atoms with van der Waals surface area (Å²) in [5.74, 6) is 0.634. The minimum absolute atomic E-state index is 0.108. The minimum atomic E-state index is -0.444. The van der Waals surface area contributed by atoms with Gasteiger partial charge in [-0.05, 0) is 44.2 Å². The van der Waals surface area contributed by atoms with Crippen molar-refractivity contribution >= 4 is 17.6 Å². The van der Waals surface area contributed by atoms with Gasteiger partial charge in [0.15, 0.2) is 0 Å². The fraction of sp³-hybridized carbons (Fsp3) is 0.300. The SMILES string of the molecule is CCOc1cc2c(cc1NC(=O)c1ccc(C(=O)OC)cc1)O[C@H](C)C2. The van der Waals surface area contributed by atoms with E-state index in [1.807, 2.05) is 19.9 Å². The summed E-state index contributed by atoms with van der Waals surface area (Å²) >= 11 is 0. The van der Waals surface area contributed by atoms with E-state index in [9.17, 15) is 9.59 Å². The van der Waals surface area contributed by atoms with Gasteiger partial charge in [-0.2, -0.15) is 0 Å². The van der Waals surface area contributed by atoms with Crippen LogP contribution >= 0.6 is 0 Å². The molecule has 0 spiro atoms. The minimum Gasteiger partial charge on any atom is -0.492 e. The number of hydrogen-bond acceptors (Lipinski definition) is 5. The zero-order chi connectivity index (χ0) is 18.7. The van der Waals surface area contributed by atoms with Gasteiger partial charge in [0.05, 0.1) is 25.0 Å². The molecule has 2 aromatic rings. The summed E-state index contributed by atoms with van der Waals surface area (Å²) < 4.78 is 16.1. The van der Waals surface area contributed by atoms with Crippen LogP contribution < -0.4 is 14.8 Å². The number of carbonyl (C=O) groups is 2. The second-order valence-corrected chi connectivity index (χ2v) is 6.04. The van der Waals surface area contributed by atoms with Crippen LogP contribution in [-0.4, -0.2) is 31.7 Å². The highest BCUT2D eigenvalue weighted by molar-refractivity contribution is 6.05. The Balaban J connectivity index is 1.82. The van der Waals surface area contributed by atoms with Crippen molar-refractivity contribution in [1.82, 2.24) is 0 Å². The van der Waals surface area contributed by atoms with Crippen molar-refractivity contribution in [3.8, 4) is 11.5 Å². The quantitative estimate of drug-likeness (QED) is 0.832. The van der Waals surface area contributed by atoms with Crippen LogP contribution in [-0.2, 0) is 11.2 Å². The molecular formula is C20H21NO5. The highest BCUT2D eigenvalue weighted by atomic mass is 16.5. The van der Waals surface area contributed by atoms with E-state index < -0.39 is 5.97 Å². The van der Waals surface area contributed by atoms with Gasteiger partial charge in [0.25, 0.3) is 5.91 Å². The Hall–Kier alpha value is -3.02. The van der Waals surface area contributed by atoms with Crippen LogP contribution in [0.2, 0.25) is 0 Å². The first-order chi connectivity index (χ1) is 12.5. The number of fused-ring (bicyclic) bond motifs is 1. The summed E-state index contributed by atoms with van der Waals surface area (Å²) in [5, 5.41) is 2.86. The van der Waals surface area contributed by atoms with Crippen molar-refractivity contribution in [2.45, 2.75) is 26.4 Å². The first-order valence-corrected chi connectivity index (χ1v) is 8.48. The number of nitrogens with one attached hydrogen (secondary N) is 1. The van der Waals surface area contributed by atoms with Crippen LogP contribution in [0.4, 0.5) is 5.69 Å². The number of rotatable bonds is 5. The summed E-state index contributed by atoms with van der Waals surface area (Å²) in [5.41, 5.74) is 2.44. The van der Waals surface area contributed by atoms with E-state index >= 15 is 0 Å². The lowest BCUT2D eigenvalue weighted by Crippen LogP contribution is -2.13. The molecule has 0 aliphatic carbocycles. The number of esters is 1. The van der Waals surface area contributed by atoms with Crippen LogP contribution in [0.15, 0.2) is 36.4 Å². The molecule has 0 bridgehead atoms. The van der Waals surface area contributed by atoms with E-state index in [1.54, 1.807) is 30.3 Å². The van der Waals surface area contributed by atoms with Gasteiger partial charge in [0, 0.05) is 23.6 Å². The topological polar surface area (TPSA) is 73.9 Å². The van der Waals surface area contributed by atoms with E-state index in [4.69, 9.17) is 9.47 Å². The number of anilines is 1. The van der Waals surface area contributed by atoms with E-state index in [0.29, 0.717) is 29.2 Å². The van der Waals surface area contributed by atoms with Crippen LogP contribution in [0, 0.1) is 0 Å². The highest BCUT2D eigenvalue weighted by Gasteiger charge is 2.23. The predicted octanol–water partition coefficient (Wildman–Crippen LogP) is 3.45. The molecule has 1 aliphatic rings. The third kappa shape index (κ3) is 3.64. The average Bonchev–Trinajstić information content (AvgIpc) is 3.00. The van der Waals surface area contributed by atoms with Gasteiger partial charge in [0.1, 0.15) is 17.6 Å². The number of carbonyl (C=O) groups excluding carboxylic acids is 2.